The Labute approximate surface area is 121 Å². The Morgan fingerprint density at radius 1 is 1.14 bits per heavy atom. The molecule has 0 bridgehead atoms. The van der Waals surface area contributed by atoms with Gasteiger partial charge in [0.05, 0.1) is 6.54 Å². The van der Waals surface area contributed by atoms with Crippen LogP contribution in [0.15, 0.2) is 29.3 Å². The highest BCUT2D eigenvalue weighted by molar-refractivity contribution is 5.58. The molecule has 4 rings (SSSR count). The van der Waals surface area contributed by atoms with Crippen LogP contribution >= 0.6 is 0 Å². The van der Waals surface area contributed by atoms with E-state index in [9.17, 15) is 4.79 Å². The van der Waals surface area contributed by atoms with E-state index in [1.165, 1.54) is 0 Å². The molecule has 0 saturated heterocycles. The van der Waals surface area contributed by atoms with Crippen LogP contribution < -0.4 is 20.9 Å². The van der Waals surface area contributed by atoms with Gasteiger partial charge in [0.1, 0.15) is 13.2 Å². The Kier molecular flexibility index (Phi) is 2.70. The first-order chi connectivity index (χ1) is 10.2. The third kappa shape index (κ3) is 2.16. The number of hydrogen-bond donors (Lipinski definition) is 1. The number of nitrogen functional groups attached to an aromatic ring is 1. The molecule has 0 radical (unpaired) electrons. The number of hydrogen-bond acceptors (Lipinski definition) is 4. The van der Waals surface area contributed by atoms with Gasteiger partial charge in [-0.15, -0.1) is 0 Å². The largest absolute Gasteiger partial charge is 0.486 e. The average molecular weight is 287 g/mol. The Bertz CT molecular complexity index is 743. The van der Waals surface area contributed by atoms with Crippen molar-refractivity contribution in [3.63, 3.8) is 0 Å². The van der Waals surface area contributed by atoms with Gasteiger partial charge in [0, 0.05) is 30.2 Å². The zero-order chi connectivity index (χ0) is 14.4. The van der Waals surface area contributed by atoms with Gasteiger partial charge in [-0.1, -0.05) is 0 Å². The van der Waals surface area contributed by atoms with Crippen LogP contribution in [0.5, 0.6) is 11.5 Å². The van der Waals surface area contributed by atoms with Crippen LogP contribution in [-0.2, 0) is 6.54 Å². The molecular weight excluding hydrogens is 270 g/mol. The van der Waals surface area contributed by atoms with E-state index in [-0.39, 0.29) is 5.69 Å². The highest BCUT2D eigenvalue weighted by atomic mass is 16.6. The third-order valence-corrected chi connectivity index (χ3v) is 3.96. The third-order valence-electron chi connectivity index (χ3n) is 3.96. The number of nitrogens with two attached hydrogens (primary N) is 1. The van der Waals surface area contributed by atoms with Crippen molar-refractivity contribution in [2.24, 2.45) is 0 Å². The molecule has 0 atom stereocenters. The van der Waals surface area contributed by atoms with Crippen LogP contribution in [0.25, 0.3) is 0 Å². The summed E-state index contributed by atoms with van der Waals surface area (Å²) in [4.78, 5) is 12.3. The van der Waals surface area contributed by atoms with Gasteiger partial charge in [-0.25, -0.2) is 4.79 Å². The van der Waals surface area contributed by atoms with E-state index < -0.39 is 0 Å². The summed E-state index contributed by atoms with van der Waals surface area (Å²) in [5.41, 5.74) is 7.57. The maximum Gasteiger partial charge on any atom is 0.328 e. The van der Waals surface area contributed by atoms with Crippen LogP contribution in [0.3, 0.4) is 0 Å². The van der Waals surface area contributed by atoms with E-state index in [2.05, 4.69) is 0 Å². The minimum atomic E-state index is 0.0202. The Hall–Kier alpha value is -2.37. The first-order valence-corrected chi connectivity index (χ1v) is 7.17. The fourth-order valence-corrected chi connectivity index (χ4v) is 2.65. The highest BCUT2D eigenvalue weighted by Crippen LogP contribution is 2.35. The summed E-state index contributed by atoms with van der Waals surface area (Å²) in [6.45, 7) is 1.52. The molecule has 6 heteroatoms. The number of rotatable bonds is 3. The molecule has 2 N–H and O–H groups in total. The second-order valence-electron chi connectivity index (χ2n) is 5.54. The van der Waals surface area contributed by atoms with Gasteiger partial charge in [0.25, 0.3) is 0 Å². The summed E-state index contributed by atoms with van der Waals surface area (Å²) in [6.07, 6.45) is 5.86. The predicted octanol–water partition coefficient (Wildman–Crippen LogP) is 1.39. The minimum Gasteiger partial charge on any atom is -0.486 e. The van der Waals surface area contributed by atoms with Gasteiger partial charge in [0.2, 0.25) is 0 Å². The minimum absolute atomic E-state index is 0.0202. The van der Waals surface area contributed by atoms with Gasteiger partial charge in [0.15, 0.2) is 11.5 Å². The molecule has 2 heterocycles. The summed E-state index contributed by atoms with van der Waals surface area (Å²) in [6, 6.07) is 4.02. The average Bonchev–Trinajstić information content (AvgIpc) is 3.26. The lowest BCUT2D eigenvalue weighted by molar-refractivity contribution is 0.171. The van der Waals surface area contributed by atoms with Crippen molar-refractivity contribution in [3.05, 3.63) is 40.6 Å². The van der Waals surface area contributed by atoms with Gasteiger partial charge >= 0.3 is 5.69 Å². The predicted molar refractivity (Wildman–Crippen MR) is 77.9 cm³/mol. The van der Waals surface area contributed by atoms with Gasteiger partial charge in [-0.2, -0.15) is 0 Å². The van der Waals surface area contributed by atoms with Crippen molar-refractivity contribution >= 4 is 5.69 Å². The molecule has 0 unspecified atom stereocenters. The van der Waals surface area contributed by atoms with Crippen molar-refractivity contribution in [2.45, 2.75) is 25.4 Å². The number of ether oxygens (including phenoxy) is 2. The molecule has 0 amide bonds. The van der Waals surface area contributed by atoms with Crippen molar-refractivity contribution in [2.75, 3.05) is 18.9 Å². The van der Waals surface area contributed by atoms with E-state index in [0.717, 1.165) is 18.4 Å². The summed E-state index contributed by atoms with van der Waals surface area (Å²) in [5, 5.41) is 0. The SMILES string of the molecule is Nc1cc2c(cc1Cn1ccn(C3CC3)c1=O)OCCO2. The normalized spacial score (nSPS) is 17.0. The van der Waals surface area contributed by atoms with E-state index in [0.29, 0.717) is 43.0 Å². The van der Waals surface area contributed by atoms with E-state index in [4.69, 9.17) is 15.2 Å². The van der Waals surface area contributed by atoms with E-state index in [1.807, 2.05) is 18.5 Å². The molecule has 1 aliphatic heterocycles. The molecular formula is C15H17N3O3. The van der Waals surface area contributed by atoms with Gasteiger partial charge < -0.3 is 15.2 Å². The molecule has 1 aliphatic carbocycles. The summed E-state index contributed by atoms with van der Waals surface area (Å²) >= 11 is 0. The zero-order valence-electron chi connectivity index (χ0n) is 11.6. The fourth-order valence-electron chi connectivity index (χ4n) is 2.65. The fraction of sp³-hybridized carbons (Fsp3) is 0.400. The maximum absolute atomic E-state index is 12.3. The summed E-state index contributed by atoms with van der Waals surface area (Å²) in [5.74, 6) is 1.37. The summed E-state index contributed by atoms with van der Waals surface area (Å²) < 4.78 is 14.5. The number of nitrogens with zero attached hydrogens (tertiary/aromatic N) is 2. The number of imidazole rings is 1. The molecule has 6 nitrogen and oxygen atoms in total. The molecule has 2 aliphatic rings. The van der Waals surface area contributed by atoms with Crippen molar-refractivity contribution < 1.29 is 9.47 Å². The lowest BCUT2D eigenvalue weighted by Crippen LogP contribution is -2.24. The van der Waals surface area contributed by atoms with Crippen LogP contribution in [0.2, 0.25) is 0 Å². The quantitative estimate of drug-likeness (QED) is 0.866. The molecule has 1 fully saturated rings. The Morgan fingerprint density at radius 3 is 2.57 bits per heavy atom. The van der Waals surface area contributed by atoms with Crippen molar-refractivity contribution in [3.8, 4) is 11.5 Å². The van der Waals surface area contributed by atoms with Crippen LogP contribution in [0.1, 0.15) is 24.4 Å². The highest BCUT2D eigenvalue weighted by Gasteiger charge is 2.25. The molecule has 1 saturated carbocycles. The standard InChI is InChI=1S/C15H17N3O3/c16-12-8-14-13(20-5-6-21-14)7-10(12)9-17-3-4-18(15(17)19)11-1-2-11/h3-4,7-8,11H,1-2,5-6,9,16H2. The van der Waals surface area contributed by atoms with Crippen LogP contribution in [-0.4, -0.2) is 22.3 Å². The molecule has 110 valence electrons. The second kappa shape index (κ2) is 4.58. The van der Waals surface area contributed by atoms with E-state index in [1.54, 1.807) is 15.2 Å². The number of aromatic nitrogens is 2. The number of anilines is 1. The Balaban J connectivity index is 1.66. The molecule has 1 aromatic heterocycles. The monoisotopic (exact) mass is 287 g/mol. The second-order valence-corrected chi connectivity index (χ2v) is 5.54. The Morgan fingerprint density at radius 2 is 1.86 bits per heavy atom. The first kappa shape index (κ1) is 12.4. The molecule has 2 aromatic rings. The smallest absolute Gasteiger partial charge is 0.328 e. The van der Waals surface area contributed by atoms with Crippen LogP contribution in [0, 0.1) is 0 Å². The lowest BCUT2D eigenvalue weighted by atomic mass is 10.1. The zero-order valence-corrected chi connectivity index (χ0v) is 11.6. The van der Waals surface area contributed by atoms with E-state index >= 15 is 0 Å². The summed E-state index contributed by atoms with van der Waals surface area (Å²) in [7, 11) is 0. The number of benzene rings is 1. The maximum atomic E-state index is 12.3. The van der Waals surface area contributed by atoms with Crippen molar-refractivity contribution in [1.29, 1.82) is 0 Å². The number of fused-ring (bicyclic) bond motifs is 1. The molecule has 1 aromatic carbocycles. The molecule has 0 spiro atoms. The molecule has 21 heavy (non-hydrogen) atoms. The van der Waals surface area contributed by atoms with Crippen LogP contribution in [0.4, 0.5) is 5.69 Å². The van der Waals surface area contributed by atoms with Crippen molar-refractivity contribution in [1.82, 2.24) is 9.13 Å². The topological polar surface area (TPSA) is 71.4 Å². The van der Waals surface area contributed by atoms with Gasteiger partial charge in [-0.3, -0.25) is 9.13 Å². The van der Waals surface area contributed by atoms with Gasteiger partial charge in [-0.05, 0) is 24.5 Å². The lowest BCUT2D eigenvalue weighted by Gasteiger charge is -2.20. The first-order valence-electron chi connectivity index (χ1n) is 7.17.